The fraction of sp³-hybridized carbons (Fsp3) is 0.333. The van der Waals surface area contributed by atoms with Crippen LogP contribution in [0.15, 0.2) is 24.2 Å². The molecule has 1 heterocycles. The van der Waals surface area contributed by atoms with Gasteiger partial charge in [-0.3, -0.25) is 0 Å². The van der Waals surface area contributed by atoms with Crippen molar-refractivity contribution in [3.63, 3.8) is 0 Å². The summed E-state index contributed by atoms with van der Waals surface area (Å²) in [5.74, 6) is 0.771. The molecule has 0 bridgehead atoms. The molecule has 0 aromatic rings. The summed E-state index contributed by atoms with van der Waals surface area (Å²) in [7, 11) is 0. The van der Waals surface area contributed by atoms with Crippen molar-refractivity contribution < 1.29 is 9.84 Å². The maximum Gasteiger partial charge on any atom is 0.118 e. The van der Waals surface area contributed by atoms with Gasteiger partial charge in [0.1, 0.15) is 5.76 Å². The first kappa shape index (κ1) is 5.22. The maximum absolute atomic E-state index is 8.23. The van der Waals surface area contributed by atoms with Gasteiger partial charge in [-0.05, 0) is 6.08 Å². The normalized spacial score (nSPS) is 18.8. The van der Waals surface area contributed by atoms with Gasteiger partial charge in [0.15, 0.2) is 0 Å². The fourth-order valence-corrected chi connectivity index (χ4v) is 0.627. The van der Waals surface area contributed by atoms with Crippen molar-refractivity contribution >= 4 is 0 Å². The van der Waals surface area contributed by atoms with E-state index in [1.54, 1.807) is 0 Å². The molecule has 1 aliphatic rings. The third kappa shape index (κ3) is 1.03. The molecule has 44 valence electrons. The molecule has 0 atom stereocenters. The van der Waals surface area contributed by atoms with Gasteiger partial charge in [-0.2, -0.15) is 0 Å². The average Bonchev–Trinajstić information content (AvgIpc) is 2.19. The summed E-state index contributed by atoms with van der Waals surface area (Å²) in [6, 6.07) is 0. The molecule has 0 spiro atoms. The molecule has 1 aliphatic heterocycles. The third-order valence-corrected chi connectivity index (χ3v) is 0.971. The molecule has 0 fully saturated rings. The Morgan fingerprint density at radius 1 is 1.75 bits per heavy atom. The Morgan fingerprint density at radius 2 is 2.62 bits per heavy atom. The lowest BCUT2D eigenvalue weighted by Crippen LogP contribution is -1.78. The highest BCUT2D eigenvalue weighted by atomic mass is 16.5. The van der Waals surface area contributed by atoms with Gasteiger partial charge in [-0.1, -0.05) is 0 Å². The van der Waals surface area contributed by atoms with Gasteiger partial charge in [0.2, 0.25) is 0 Å². The molecule has 0 amide bonds. The molecule has 1 rings (SSSR count). The van der Waals surface area contributed by atoms with Crippen LogP contribution in [-0.2, 0) is 4.74 Å². The third-order valence-electron chi connectivity index (χ3n) is 0.971. The summed E-state index contributed by atoms with van der Waals surface area (Å²) in [6.07, 6.45) is 5.41. The van der Waals surface area contributed by atoms with Crippen molar-refractivity contribution in [1.82, 2.24) is 0 Å². The van der Waals surface area contributed by atoms with E-state index in [9.17, 15) is 0 Å². The van der Waals surface area contributed by atoms with E-state index in [1.165, 1.54) is 6.08 Å². The Kier molecular flexibility index (Phi) is 1.57. The van der Waals surface area contributed by atoms with Gasteiger partial charge in [0, 0.05) is 12.5 Å². The molecule has 2 heteroatoms. The van der Waals surface area contributed by atoms with Crippen molar-refractivity contribution in [1.29, 1.82) is 0 Å². The van der Waals surface area contributed by atoms with Crippen molar-refractivity contribution in [3.05, 3.63) is 24.2 Å². The van der Waals surface area contributed by atoms with Crippen LogP contribution in [0, 0.1) is 0 Å². The highest BCUT2D eigenvalue weighted by Crippen LogP contribution is 2.08. The van der Waals surface area contributed by atoms with Crippen molar-refractivity contribution in [2.75, 3.05) is 6.61 Å². The minimum absolute atomic E-state index is 0.750. The molecule has 0 aromatic heterocycles. The number of aliphatic hydroxyl groups excluding tert-OH is 1. The van der Waals surface area contributed by atoms with Gasteiger partial charge in [-0.15, -0.1) is 0 Å². The van der Waals surface area contributed by atoms with Gasteiger partial charge < -0.3 is 9.84 Å². The van der Waals surface area contributed by atoms with Crippen molar-refractivity contribution in [3.8, 4) is 0 Å². The van der Waals surface area contributed by atoms with E-state index in [2.05, 4.69) is 0 Å². The molecule has 0 aromatic carbocycles. The lowest BCUT2D eigenvalue weighted by molar-refractivity contribution is 0.255. The van der Waals surface area contributed by atoms with Crippen LogP contribution in [0.3, 0.4) is 0 Å². The Hall–Kier alpha value is -0.920. The van der Waals surface area contributed by atoms with Crippen LogP contribution in [0.2, 0.25) is 0 Å². The van der Waals surface area contributed by atoms with Gasteiger partial charge >= 0.3 is 0 Å². The summed E-state index contributed by atoms with van der Waals surface area (Å²) in [6.45, 7) is 0.750. The first-order valence-electron chi connectivity index (χ1n) is 2.57. The summed E-state index contributed by atoms with van der Waals surface area (Å²) in [5, 5.41) is 8.23. The van der Waals surface area contributed by atoms with E-state index >= 15 is 0 Å². The molecule has 0 saturated carbocycles. The second kappa shape index (κ2) is 2.40. The number of rotatable bonds is 1. The first-order valence-corrected chi connectivity index (χ1v) is 2.57. The molecule has 2 nitrogen and oxygen atoms in total. The van der Waals surface area contributed by atoms with Crippen LogP contribution >= 0.6 is 0 Å². The summed E-state index contributed by atoms with van der Waals surface area (Å²) >= 11 is 0. The van der Waals surface area contributed by atoms with Gasteiger partial charge in [-0.25, -0.2) is 0 Å². The molecular weight excluding hydrogens is 104 g/mol. The van der Waals surface area contributed by atoms with Crippen LogP contribution in [0.4, 0.5) is 0 Å². The summed E-state index contributed by atoms with van der Waals surface area (Å²) < 4.78 is 5.01. The maximum atomic E-state index is 8.23. The lowest BCUT2D eigenvalue weighted by atomic mass is 10.4. The second-order valence-electron chi connectivity index (χ2n) is 1.56. The van der Waals surface area contributed by atoms with Crippen molar-refractivity contribution in [2.24, 2.45) is 0 Å². The topological polar surface area (TPSA) is 29.5 Å². The predicted octanol–water partition coefficient (Wildman–Crippen LogP) is 1.36. The number of allylic oxidation sites excluding steroid dienone is 1. The second-order valence-corrected chi connectivity index (χ2v) is 1.56. The molecule has 8 heavy (non-hydrogen) atoms. The number of hydrogen-bond acceptors (Lipinski definition) is 2. The lowest BCUT2D eigenvalue weighted by Gasteiger charge is -1.92. The first-order chi connectivity index (χ1) is 3.93. The largest absolute Gasteiger partial charge is 0.515 e. The molecule has 0 radical (unpaired) electrons. The van der Waals surface area contributed by atoms with E-state index < -0.39 is 0 Å². The average molecular weight is 112 g/mol. The van der Waals surface area contributed by atoms with E-state index in [0.29, 0.717) is 0 Å². The Labute approximate surface area is 48.1 Å². The predicted molar refractivity (Wildman–Crippen MR) is 30.4 cm³/mol. The van der Waals surface area contributed by atoms with Crippen LogP contribution in [0.25, 0.3) is 0 Å². The molecule has 0 aliphatic carbocycles. The van der Waals surface area contributed by atoms with E-state index in [1.807, 2.05) is 6.08 Å². The minimum atomic E-state index is 0.750. The monoisotopic (exact) mass is 112 g/mol. The Bertz CT molecular complexity index is 124. The fourth-order valence-electron chi connectivity index (χ4n) is 0.627. The van der Waals surface area contributed by atoms with Crippen molar-refractivity contribution in [2.45, 2.75) is 6.42 Å². The number of aliphatic hydroxyl groups is 1. The van der Waals surface area contributed by atoms with Crippen LogP contribution in [0.5, 0.6) is 0 Å². The summed E-state index contributed by atoms with van der Waals surface area (Å²) in [5.41, 5.74) is 0. The number of hydrogen-bond donors (Lipinski definition) is 1. The SMILES string of the molecule is O/C=C/C1=CCCO1. The molecule has 0 unspecified atom stereocenters. The van der Waals surface area contributed by atoms with Crippen LogP contribution in [0.1, 0.15) is 6.42 Å². The highest BCUT2D eigenvalue weighted by Gasteiger charge is 1.98. The van der Waals surface area contributed by atoms with Gasteiger partial charge in [0.05, 0.1) is 12.9 Å². The van der Waals surface area contributed by atoms with E-state index in [-0.39, 0.29) is 0 Å². The minimum Gasteiger partial charge on any atom is -0.515 e. The van der Waals surface area contributed by atoms with E-state index in [0.717, 1.165) is 25.0 Å². The quantitative estimate of drug-likeness (QED) is 0.519. The van der Waals surface area contributed by atoms with Gasteiger partial charge in [0.25, 0.3) is 0 Å². The molecule has 1 N–H and O–H groups in total. The number of ether oxygens (including phenoxy) is 1. The standard InChI is InChI=1S/C6H8O2/c7-4-3-6-2-1-5-8-6/h2-4,7H,1,5H2/b4-3+. The zero-order valence-electron chi connectivity index (χ0n) is 4.50. The Balaban J connectivity index is 2.45. The zero-order chi connectivity index (χ0) is 5.82. The van der Waals surface area contributed by atoms with Crippen LogP contribution < -0.4 is 0 Å². The van der Waals surface area contributed by atoms with Crippen LogP contribution in [-0.4, -0.2) is 11.7 Å². The Morgan fingerprint density at radius 3 is 3.12 bits per heavy atom. The highest BCUT2D eigenvalue weighted by molar-refractivity contribution is 5.12. The smallest absolute Gasteiger partial charge is 0.118 e. The zero-order valence-corrected chi connectivity index (χ0v) is 4.50. The summed E-state index contributed by atoms with van der Waals surface area (Å²) in [4.78, 5) is 0. The molecular formula is C6H8O2. The molecule has 0 saturated heterocycles. The van der Waals surface area contributed by atoms with E-state index in [4.69, 9.17) is 9.84 Å².